The van der Waals surface area contributed by atoms with Crippen molar-refractivity contribution in [3.63, 3.8) is 0 Å². The van der Waals surface area contributed by atoms with Crippen molar-refractivity contribution in [1.29, 1.82) is 0 Å². The predicted molar refractivity (Wildman–Crippen MR) is 72.0 cm³/mol. The summed E-state index contributed by atoms with van der Waals surface area (Å²) in [5.74, 6) is 0. The highest BCUT2D eigenvalue weighted by Gasteiger charge is 2.17. The number of sulfonamides is 1. The van der Waals surface area contributed by atoms with Gasteiger partial charge in [-0.1, -0.05) is 17.7 Å². The molecule has 0 bridgehead atoms. The monoisotopic (exact) mass is 300 g/mol. The Kier molecular flexibility index (Phi) is 4.20. The van der Waals surface area contributed by atoms with E-state index in [-0.39, 0.29) is 16.5 Å². The maximum absolute atomic E-state index is 12.1. The van der Waals surface area contributed by atoms with Gasteiger partial charge in [-0.3, -0.25) is 0 Å². The van der Waals surface area contributed by atoms with Gasteiger partial charge in [-0.2, -0.15) is 0 Å². The molecule has 0 aliphatic heterocycles. The largest absolute Gasteiger partial charge is 0.347 e. The zero-order valence-electron chi connectivity index (χ0n) is 9.93. The van der Waals surface area contributed by atoms with Crippen LogP contribution in [-0.4, -0.2) is 18.4 Å². The molecule has 0 spiro atoms. The van der Waals surface area contributed by atoms with E-state index in [9.17, 15) is 8.42 Å². The molecule has 0 radical (unpaired) electrons. The Morgan fingerprint density at radius 3 is 2.79 bits per heavy atom. The molecule has 0 saturated heterocycles. The van der Waals surface area contributed by atoms with E-state index in [1.54, 1.807) is 18.3 Å². The summed E-state index contributed by atoms with van der Waals surface area (Å²) in [6.45, 7) is 0.429. The van der Waals surface area contributed by atoms with Gasteiger partial charge in [0.05, 0.1) is 17.9 Å². The number of benzene rings is 1. The standard InChI is InChI=1S/C11H13ClN4O2S/c12-10-3-8(4-13)1-2-11(10)19(17,18)16-6-9-5-14-7-15-9/h1-3,5,7,16H,4,6,13H2,(H,14,15). The Hall–Kier alpha value is -1.41. The van der Waals surface area contributed by atoms with E-state index in [2.05, 4.69) is 14.7 Å². The van der Waals surface area contributed by atoms with Crippen LogP contribution in [0.2, 0.25) is 5.02 Å². The quantitative estimate of drug-likeness (QED) is 0.767. The number of nitrogens with zero attached hydrogens (tertiary/aromatic N) is 1. The van der Waals surface area contributed by atoms with Gasteiger partial charge in [0, 0.05) is 18.4 Å². The lowest BCUT2D eigenvalue weighted by atomic mass is 10.2. The number of hydrogen-bond acceptors (Lipinski definition) is 4. The van der Waals surface area contributed by atoms with Crippen LogP contribution in [0.1, 0.15) is 11.3 Å². The molecule has 2 aromatic rings. The summed E-state index contributed by atoms with van der Waals surface area (Å²) < 4.78 is 26.6. The molecule has 6 nitrogen and oxygen atoms in total. The average molecular weight is 301 g/mol. The van der Waals surface area contributed by atoms with Crippen LogP contribution in [0, 0.1) is 0 Å². The first kappa shape index (κ1) is 14.0. The first-order valence-electron chi connectivity index (χ1n) is 5.48. The molecule has 0 amide bonds. The van der Waals surface area contributed by atoms with Gasteiger partial charge in [-0.15, -0.1) is 0 Å². The summed E-state index contributed by atoms with van der Waals surface area (Å²) in [5.41, 5.74) is 6.91. The second-order valence-corrected chi connectivity index (χ2v) is 6.01. The third kappa shape index (κ3) is 3.32. The number of nitrogens with two attached hydrogens (primary N) is 1. The summed E-state index contributed by atoms with van der Waals surface area (Å²) >= 11 is 5.96. The summed E-state index contributed by atoms with van der Waals surface area (Å²) in [4.78, 5) is 6.65. The molecular weight excluding hydrogens is 288 g/mol. The summed E-state index contributed by atoms with van der Waals surface area (Å²) in [5, 5.41) is 0.153. The van der Waals surface area contributed by atoms with Gasteiger partial charge < -0.3 is 10.7 Å². The lowest BCUT2D eigenvalue weighted by Gasteiger charge is -2.08. The highest BCUT2D eigenvalue weighted by Crippen LogP contribution is 2.22. The van der Waals surface area contributed by atoms with E-state index in [1.807, 2.05) is 0 Å². The minimum atomic E-state index is -3.66. The Morgan fingerprint density at radius 1 is 1.42 bits per heavy atom. The zero-order valence-corrected chi connectivity index (χ0v) is 11.5. The van der Waals surface area contributed by atoms with E-state index in [0.717, 1.165) is 5.56 Å². The van der Waals surface area contributed by atoms with Crippen LogP contribution in [0.15, 0.2) is 35.6 Å². The van der Waals surface area contributed by atoms with Gasteiger partial charge in [0.15, 0.2) is 0 Å². The Bertz CT molecular complexity index is 655. The van der Waals surface area contributed by atoms with Crippen LogP contribution in [0.5, 0.6) is 0 Å². The van der Waals surface area contributed by atoms with Crippen LogP contribution in [-0.2, 0) is 23.1 Å². The van der Waals surface area contributed by atoms with Gasteiger partial charge in [0.1, 0.15) is 4.90 Å². The summed E-state index contributed by atoms with van der Waals surface area (Å²) in [7, 11) is -3.66. The van der Waals surface area contributed by atoms with Crippen LogP contribution in [0.25, 0.3) is 0 Å². The number of imidazole rings is 1. The number of H-pyrrole nitrogens is 1. The molecule has 0 saturated carbocycles. The molecule has 0 aliphatic rings. The van der Waals surface area contributed by atoms with Gasteiger partial charge in [-0.05, 0) is 17.7 Å². The molecule has 0 unspecified atom stereocenters. The molecule has 2 rings (SSSR count). The normalized spacial score (nSPS) is 11.7. The van der Waals surface area contributed by atoms with Crippen LogP contribution >= 0.6 is 11.6 Å². The first-order chi connectivity index (χ1) is 9.03. The molecule has 102 valence electrons. The van der Waals surface area contributed by atoms with E-state index in [0.29, 0.717) is 12.2 Å². The predicted octanol–water partition coefficient (Wildman–Crippen LogP) is 1.00. The SMILES string of the molecule is NCc1ccc(S(=O)(=O)NCc2cnc[nH]2)c(Cl)c1. The molecule has 8 heteroatoms. The van der Waals surface area contributed by atoms with Crippen molar-refractivity contribution in [3.8, 4) is 0 Å². The molecule has 1 aromatic heterocycles. The fraction of sp³-hybridized carbons (Fsp3) is 0.182. The second kappa shape index (κ2) is 5.70. The summed E-state index contributed by atoms with van der Waals surface area (Å²) in [6, 6.07) is 4.63. The fourth-order valence-corrected chi connectivity index (χ4v) is 3.09. The minimum absolute atomic E-state index is 0.0332. The minimum Gasteiger partial charge on any atom is -0.347 e. The van der Waals surface area contributed by atoms with Crippen molar-refractivity contribution < 1.29 is 8.42 Å². The van der Waals surface area contributed by atoms with E-state index < -0.39 is 10.0 Å². The number of halogens is 1. The molecule has 0 aliphatic carbocycles. The highest BCUT2D eigenvalue weighted by atomic mass is 35.5. The number of aromatic nitrogens is 2. The number of rotatable bonds is 5. The Balaban J connectivity index is 2.19. The van der Waals surface area contributed by atoms with Gasteiger partial charge in [-0.25, -0.2) is 18.1 Å². The van der Waals surface area contributed by atoms with Crippen molar-refractivity contribution in [2.75, 3.05) is 0 Å². The number of hydrogen-bond donors (Lipinski definition) is 3. The van der Waals surface area contributed by atoms with E-state index >= 15 is 0 Å². The zero-order chi connectivity index (χ0) is 13.9. The lowest BCUT2D eigenvalue weighted by molar-refractivity contribution is 0.580. The van der Waals surface area contributed by atoms with Crippen molar-refractivity contribution in [3.05, 3.63) is 47.0 Å². The van der Waals surface area contributed by atoms with Gasteiger partial charge in [0.25, 0.3) is 0 Å². The van der Waals surface area contributed by atoms with Crippen molar-refractivity contribution in [2.24, 2.45) is 5.73 Å². The average Bonchev–Trinajstić information content (AvgIpc) is 2.89. The van der Waals surface area contributed by atoms with Crippen LogP contribution in [0.3, 0.4) is 0 Å². The molecule has 19 heavy (non-hydrogen) atoms. The maximum atomic E-state index is 12.1. The Labute approximate surface area is 116 Å². The van der Waals surface area contributed by atoms with Crippen LogP contribution < -0.4 is 10.5 Å². The van der Waals surface area contributed by atoms with Crippen LogP contribution in [0.4, 0.5) is 0 Å². The number of aromatic amines is 1. The summed E-state index contributed by atoms with van der Waals surface area (Å²) in [6.07, 6.45) is 3.02. The van der Waals surface area contributed by atoms with Crippen molar-refractivity contribution in [1.82, 2.24) is 14.7 Å². The third-order valence-corrected chi connectivity index (χ3v) is 4.41. The smallest absolute Gasteiger partial charge is 0.242 e. The second-order valence-electron chi connectivity index (χ2n) is 3.87. The molecule has 4 N–H and O–H groups in total. The first-order valence-corrected chi connectivity index (χ1v) is 7.34. The molecule has 1 heterocycles. The lowest BCUT2D eigenvalue weighted by Crippen LogP contribution is -2.23. The van der Waals surface area contributed by atoms with Gasteiger partial charge >= 0.3 is 0 Å². The fourth-order valence-electron chi connectivity index (χ4n) is 1.52. The topological polar surface area (TPSA) is 101 Å². The van der Waals surface area contributed by atoms with Crippen molar-refractivity contribution >= 4 is 21.6 Å². The Morgan fingerprint density at radius 2 is 2.21 bits per heavy atom. The highest BCUT2D eigenvalue weighted by molar-refractivity contribution is 7.89. The third-order valence-electron chi connectivity index (χ3n) is 2.53. The maximum Gasteiger partial charge on any atom is 0.242 e. The van der Waals surface area contributed by atoms with Crippen molar-refractivity contribution in [2.45, 2.75) is 18.0 Å². The molecular formula is C11H13ClN4O2S. The van der Waals surface area contributed by atoms with Gasteiger partial charge in [0.2, 0.25) is 10.0 Å². The van der Waals surface area contributed by atoms with E-state index in [4.69, 9.17) is 17.3 Å². The molecule has 1 aromatic carbocycles. The number of nitrogens with one attached hydrogen (secondary N) is 2. The van der Waals surface area contributed by atoms with E-state index in [1.165, 1.54) is 12.4 Å². The molecule has 0 atom stereocenters. The molecule has 0 fully saturated rings.